The highest BCUT2D eigenvalue weighted by atomic mass is 19.1. The van der Waals surface area contributed by atoms with Gasteiger partial charge in [-0.05, 0) is 86.6 Å². The summed E-state index contributed by atoms with van der Waals surface area (Å²) < 4.78 is 27.7. The minimum absolute atomic E-state index is 0.207. The lowest BCUT2D eigenvalue weighted by Crippen LogP contribution is -2.52. The largest absolute Gasteiger partial charge is 0.327 e. The van der Waals surface area contributed by atoms with Crippen molar-refractivity contribution in [2.24, 2.45) is 5.92 Å². The molecule has 2 aromatic carbocycles. The molecular weight excluding hydrogens is 422 g/mol. The van der Waals surface area contributed by atoms with Gasteiger partial charge in [-0.2, -0.15) is 0 Å². The predicted molar refractivity (Wildman–Crippen MR) is 126 cm³/mol. The fourth-order valence-corrected chi connectivity index (χ4v) is 4.89. The van der Waals surface area contributed by atoms with Gasteiger partial charge in [-0.25, -0.2) is 13.6 Å². The number of amides is 2. The van der Waals surface area contributed by atoms with E-state index in [2.05, 4.69) is 15.5 Å². The summed E-state index contributed by atoms with van der Waals surface area (Å²) in [5.74, 6) is 0.0231. The number of benzene rings is 2. The lowest BCUT2D eigenvalue weighted by Gasteiger charge is -2.36. The Balaban J connectivity index is 1.31. The third-order valence-corrected chi connectivity index (χ3v) is 6.78. The minimum Gasteiger partial charge on any atom is -0.327 e. The first-order chi connectivity index (χ1) is 16.1. The summed E-state index contributed by atoms with van der Waals surface area (Å²) in [4.78, 5) is 17.3. The number of hydrogen-bond acceptors (Lipinski definition) is 3. The van der Waals surface area contributed by atoms with Crippen molar-refractivity contribution < 1.29 is 13.6 Å². The highest BCUT2D eigenvalue weighted by molar-refractivity contribution is 5.75. The van der Waals surface area contributed by atoms with E-state index in [4.69, 9.17) is 0 Å². The molecular formula is C26H34F2N4O. The molecule has 0 radical (unpaired) electrons. The Kier molecular flexibility index (Phi) is 8.29. The number of piperidine rings is 1. The number of nitrogens with one attached hydrogen (secondary N) is 2. The molecule has 0 aromatic heterocycles. The van der Waals surface area contributed by atoms with Crippen molar-refractivity contribution in [1.29, 1.82) is 0 Å². The standard InChI is InChI=1S/C26H34F2N4O/c27-23-9-1-7-21(17-23)25(22-8-2-10-24(28)18-22)30-26(33)32-15-13-31(14-16-32)12-4-6-20-5-3-11-29-19-20/h1-2,7-10,17-18,20,25,29H,3-6,11-16,19H2,(H,30,33). The number of urea groups is 1. The van der Waals surface area contributed by atoms with Crippen LogP contribution in [0.25, 0.3) is 0 Å². The van der Waals surface area contributed by atoms with E-state index in [1.54, 1.807) is 29.2 Å². The normalized spacial score (nSPS) is 19.6. The molecule has 33 heavy (non-hydrogen) atoms. The maximum atomic E-state index is 13.9. The Morgan fingerprint density at radius 1 is 1.03 bits per heavy atom. The van der Waals surface area contributed by atoms with Gasteiger partial charge in [0.15, 0.2) is 0 Å². The van der Waals surface area contributed by atoms with E-state index in [1.165, 1.54) is 49.9 Å². The molecule has 1 unspecified atom stereocenters. The van der Waals surface area contributed by atoms with Crippen LogP contribution in [-0.2, 0) is 0 Å². The van der Waals surface area contributed by atoms with E-state index >= 15 is 0 Å². The summed E-state index contributed by atoms with van der Waals surface area (Å²) in [6.45, 7) is 6.36. The van der Waals surface area contributed by atoms with E-state index in [-0.39, 0.29) is 17.7 Å². The van der Waals surface area contributed by atoms with Crippen molar-refractivity contribution in [2.75, 3.05) is 45.8 Å². The molecule has 7 heteroatoms. The van der Waals surface area contributed by atoms with E-state index < -0.39 is 6.04 Å². The van der Waals surface area contributed by atoms with Crippen molar-refractivity contribution in [3.8, 4) is 0 Å². The van der Waals surface area contributed by atoms with E-state index in [0.29, 0.717) is 24.2 Å². The molecule has 0 saturated carbocycles. The number of hydrogen-bond donors (Lipinski definition) is 2. The first-order valence-corrected chi connectivity index (χ1v) is 12.1. The van der Waals surface area contributed by atoms with Crippen molar-refractivity contribution in [3.63, 3.8) is 0 Å². The number of halogens is 2. The molecule has 2 heterocycles. The third-order valence-electron chi connectivity index (χ3n) is 6.78. The first-order valence-electron chi connectivity index (χ1n) is 12.1. The van der Waals surface area contributed by atoms with Crippen LogP contribution in [0.5, 0.6) is 0 Å². The molecule has 2 aliphatic heterocycles. The minimum atomic E-state index is -0.619. The zero-order valence-corrected chi connectivity index (χ0v) is 19.1. The molecule has 4 rings (SSSR count). The van der Waals surface area contributed by atoms with Gasteiger partial charge >= 0.3 is 6.03 Å². The van der Waals surface area contributed by atoms with Gasteiger partial charge in [-0.3, -0.25) is 4.90 Å². The topological polar surface area (TPSA) is 47.6 Å². The molecule has 2 N–H and O–H groups in total. The van der Waals surface area contributed by atoms with E-state index in [9.17, 15) is 13.6 Å². The van der Waals surface area contributed by atoms with Crippen LogP contribution >= 0.6 is 0 Å². The number of carbonyl (C=O) groups excluding carboxylic acids is 1. The molecule has 2 fully saturated rings. The van der Waals surface area contributed by atoms with Crippen LogP contribution in [-0.4, -0.2) is 61.6 Å². The first kappa shape index (κ1) is 23.6. The summed E-state index contributed by atoms with van der Waals surface area (Å²) in [6.07, 6.45) is 5.07. The van der Waals surface area contributed by atoms with Crippen molar-refractivity contribution in [3.05, 3.63) is 71.3 Å². The third kappa shape index (κ3) is 6.74. The van der Waals surface area contributed by atoms with Gasteiger partial charge in [-0.15, -0.1) is 0 Å². The maximum absolute atomic E-state index is 13.9. The zero-order valence-electron chi connectivity index (χ0n) is 19.1. The lowest BCUT2D eigenvalue weighted by molar-refractivity contribution is 0.135. The second-order valence-corrected chi connectivity index (χ2v) is 9.18. The van der Waals surface area contributed by atoms with E-state index in [1.807, 2.05) is 0 Å². The summed E-state index contributed by atoms with van der Waals surface area (Å²) in [5, 5.41) is 6.48. The summed E-state index contributed by atoms with van der Waals surface area (Å²) in [7, 11) is 0. The Labute approximate surface area is 195 Å². The maximum Gasteiger partial charge on any atom is 0.318 e. The van der Waals surface area contributed by atoms with Crippen molar-refractivity contribution in [1.82, 2.24) is 20.4 Å². The number of rotatable bonds is 7. The number of piperazine rings is 1. The van der Waals surface area contributed by atoms with Crippen LogP contribution in [0.2, 0.25) is 0 Å². The average molecular weight is 457 g/mol. The second kappa shape index (κ2) is 11.6. The van der Waals surface area contributed by atoms with Crippen LogP contribution < -0.4 is 10.6 Å². The SMILES string of the molecule is O=C(NC(c1cccc(F)c1)c1cccc(F)c1)N1CCN(CCCC2CCCNC2)CC1. The monoisotopic (exact) mass is 456 g/mol. The summed E-state index contributed by atoms with van der Waals surface area (Å²) in [5.41, 5.74) is 1.18. The summed E-state index contributed by atoms with van der Waals surface area (Å²) in [6, 6.07) is 11.4. The molecule has 0 bridgehead atoms. The van der Waals surface area contributed by atoms with Gasteiger partial charge in [0.2, 0.25) is 0 Å². The Morgan fingerprint density at radius 2 is 1.70 bits per heavy atom. The molecule has 0 spiro atoms. The van der Waals surface area contributed by atoms with Crippen LogP contribution in [0.1, 0.15) is 42.9 Å². The molecule has 178 valence electrons. The van der Waals surface area contributed by atoms with Gasteiger partial charge in [0.1, 0.15) is 11.6 Å². The van der Waals surface area contributed by atoms with Gasteiger partial charge in [0.25, 0.3) is 0 Å². The van der Waals surface area contributed by atoms with Crippen LogP contribution in [0, 0.1) is 17.6 Å². The van der Waals surface area contributed by atoms with Crippen molar-refractivity contribution >= 4 is 6.03 Å². The second-order valence-electron chi connectivity index (χ2n) is 9.18. The van der Waals surface area contributed by atoms with Crippen LogP contribution in [0.15, 0.2) is 48.5 Å². The quantitative estimate of drug-likeness (QED) is 0.658. The fourth-order valence-electron chi connectivity index (χ4n) is 4.89. The summed E-state index contributed by atoms with van der Waals surface area (Å²) >= 11 is 0. The van der Waals surface area contributed by atoms with E-state index in [0.717, 1.165) is 38.6 Å². The van der Waals surface area contributed by atoms with Crippen LogP contribution in [0.3, 0.4) is 0 Å². The number of nitrogens with zero attached hydrogens (tertiary/aromatic N) is 2. The molecule has 5 nitrogen and oxygen atoms in total. The average Bonchev–Trinajstić information content (AvgIpc) is 2.83. The fraction of sp³-hybridized carbons (Fsp3) is 0.500. The Bertz CT molecular complexity index is 865. The zero-order chi connectivity index (χ0) is 23.0. The van der Waals surface area contributed by atoms with Gasteiger partial charge in [0.05, 0.1) is 6.04 Å². The van der Waals surface area contributed by atoms with Gasteiger partial charge in [-0.1, -0.05) is 24.3 Å². The highest BCUT2D eigenvalue weighted by Crippen LogP contribution is 2.24. The molecule has 2 saturated heterocycles. The molecule has 2 aliphatic rings. The molecule has 1 atom stereocenters. The molecule has 2 amide bonds. The van der Waals surface area contributed by atoms with Crippen molar-refractivity contribution in [2.45, 2.75) is 31.7 Å². The van der Waals surface area contributed by atoms with Crippen LogP contribution in [0.4, 0.5) is 13.6 Å². The Hall–Kier alpha value is -2.51. The lowest BCUT2D eigenvalue weighted by atomic mass is 9.94. The predicted octanol–water partition coefficient (Wildman–Crippen LogP) is 4.16. The number of carbonyl (C=O) groups is 1. The smallest absolute Gasteiger partial charge is 0.318 e. The Morgan fingerprint density at radius 3 is 2.27 bits per heavy atom. The highest BCUT2D eigenvalue weighted by Gasteiger charge is 2.25. The van der Waals surface area contributed by atoms with Gasteiger partial charge in [0, 0.05) is 26.2 Å². The van der Waals surface area contributed by atoms with Gasteiger partial charge < -0.3 is 15.5 Å². The molecule has 2 aromatic rings. The molecule has 0 aliphatic carbocycles.